The van der Waals surface area contributed by atoms with Crippen LogP contribution < -0.4 is 0 Å². The highest BCUT2D eigenvalue weighted by Gasteiger charge is 2.15. The van der Waals surface area contributed by atoms with Gasteiger partial charge < -0.3 is 5.11 Å². The minimum Gasteiger partial charge on any atom is -0.476 e. The number of carboxylic acid groups (broad SMARTS) is 1. The van der Waals surface area contributed by atoms with Gasteiger partial charge in [-0.2, -0.15) is 0 Å². The van der Waals surface area contributed by atoms with Gasteiger partial charge in [0.05, 0.1) is 5.69 Å². The lowest BCUT2D eigenvalue weighted by atomic mass is 10.0. The van der Waals surface area contributed by atoms with Gasteiger partial charge in [0.1, 0.15) is 0 Å². The van der Waals surface area contributed by atoms with Gasteiger partial charge in [-0.25, -0.2) is 9.78 Å². The Labute approximate surface area is 104 Å². The Kier molecular flexibility index (Phi) is 2.98. The molecule has 0 atom stereocenters. The molecule has 17 heavy (non-hydrogen) atoms. The van der Waals surface area contributed by atoms with Crippen molar-refractivity contribution in [2.75, 3.05) is 0 Å². The standard InChI is InChI=1S/C13H13NO2S/c1-7-4-5-8(2)10(6-7)11-9(3)17-12(14-11)13(15)16/h4-6H,1-3H3,(H,15,16). The fourth-order valence-electron chi connectivity index (χ4n) is 1.73. The van der Waals surface area contributed by atoms with Crippen LogP contribution in [0, 0.1) is 20.8 Å². The summed E-state index contributed by atoms with van der Waals surface area (Å²) in [5, 5.41) is 9.09. The van der Waals surface area contributed by atoms with Crippen LogP contribution in [0.3, 0.4) is 0 Å². The molecule has 0 saturated heterocycles. The monoisotopic (exact) mass is 247 g/mol. The van der Waals surface area contributed by atoms with Gasteiger partial charge in [0.15, 0.2) is 0 Å². The molecule has 0 aliphatic carbocycles. The van der Waals surface area contributed by atoms with Crippen molar-refractivity contribution in [3.63, 3.8) is 0 Å². The van der Waals surface area contributed by atoms with Gasteiger partial charge in [-0.15, -0.1) is 11.3 Å². The van der Waals surface area contributed by atoms with Gasteiger partial charge in [0.2, 0.25) is 5.01 Å². The first-order valence-electron chi connectivity index (χ1n) is 5.27. The number of nitrogens with zero attached hydrogens (tertiary/aromatic N) is 1. The molecule has 0 aliphatic heterocycles. The number of rotatable bonds is 2. The average Bonchev–Trinajstić information content (AvgIpc) is 2.64. The lowest BCUT2D eigenvalue weighted by molar-refractivity contribution is 0.0696. The Morgan fingerprint density at radius 2 is 2.00 bits per heavy atom. The summed E-state index contributed by atoms with van der Waals surface area (Å²) in [6.45, 7) is 5.93. The molecule has 1 heterocycles. The van der Waals surface area contributed by atoms with Crippen molar-refractivity contribution in [2.24, 2.45) is 0 Å². The molecule has 4 heteroatoms. The normalized spacial score (nSPS) is 10.5. The van der Waals surface area contributed by atoms with Crippen LogP contribution in [0.1, 0.15) is 25.8 Å². The van der Waals surface area contributed by atoms with Crippen molar-refractivity contribution in [1.29, 1.82) is 0 Å². The topological polar surface area (TPSA) is 50.2 Å². The van der Waals surface area contributed by atoms with Crippen LogP contribution in [-0.4, -0.2) is 16.1 Å². The summed E-state index contributed by atoms with van der Waals surface area (Å²) in [7, 11) is 0. The summed E-state index contributed by atoms with van der Waals surface area (Å²) in [4.78, 5) is 16.0. The highest BCUT2D eigenvalue weighted by atomic mass is 32.1. The molecule has 0 spiro atoms. The Balaban J connectivity index is 2.60. The van der Waals surface area contributed by atoms with E-state index in [1.54, 1.807) is 0 Å². The molecular weight excluding hydrogens is 234 g/mol. The van der Waals surface area contributed by atoms with Gasteiger partial charge in [-0.05, 0) is 32.4 Å². The molecule has 1 aromatic carbocycles. The first kappa shape index (κ1) is 11.8. The first-order valence-corrected chi connectivity index (χ1v) is 6.09. The molecule has 88 valence electrons. The largest absolute Gasteiger partial charge is 0.476 e. The zero-order valence-corrected chi connectivity index (χ0v) is 10.8. The van der Waals surface area contributed by atoms with E-state index >= 15 is 0 Å². The second-order valence-corrected chi connectivity index (χ2v) is 5.25. The molecule has 0 saturated carbocycles. The van der Waals surface area contributed by atoms with Crippen molar-refractivity contribution >= 4 is 17.3 Å². The Morgan fingerprint density at radius 3 is 2.59 bits per heavy atom. The Bertz CT molecular complexity index is 587. The average molecular weight is 247 g/mol. The predicted molar refractivity (Wildman–Crippen MR) is 68.7 cm³/mol. The first-order chi connectivity index (χ1) is 7.99. The highest BCUT2D eigenvalue weighted by Crippen LogP contribution is 2.30. The van der Waals surface area contributed by atoms with Crippen LogP contribution in [0.15, 0.2) is 18.2 Å². The molecule has 2 rings (SSSR count). The summed E-state index contributed by atoms with van der Waals surface area (Å²) >= 11 is 1.22. The maximum Gasteiger partial charge on any atom is 0.365 e. The van der Waals surface area contributed by atoms with Crippen molar-refractivity contribution in [1.82, 2.24) is 4.98 Å². The van der Waals surface area contributed by atoms with Crippen molar-refractivity contribution in [3.8, 4) is 11.3 Å². The minimum atomic E-state index is -0.963. The smallest absolute Gasteiger partial charge is 0.365 e. The van der Waals surface area contributed by atoms with Crippen LogP contribution in [0.4, 0.5) is 0 Å². The second kappa shape index (κ2) is 4.30. The molecule has 0 amide bonds. The van der Waals surface area contributed by atoms with Crippen LogP contribution in [-0.2, 0) is 0 Å². The van der Waals surface area contributed by atoms with E-state index in [1.807, 2.05) is 39.0 Å². The third-order valence-electron chi connectivity index (χ3n) is 2.63. The van der Waals surface area contributed by atoms with Crippen molar-refractivity contribution in [2.45, 2.75) is 20.8 Å². The predicted octanol–water partition coefficient (Wildman–Crippen LogP) is 3.43. The van der Waals surface area contributed by atoms with E-state index in [-0.39, 0.29) is 5.01 Å². The summed E-state index contributed by atoms with van der Waals surface area (Å²) < 4.78 is 0. The number of carboxylic acids is 1. The SMILES string of the molecule is Cc1ccc(C)c(-c2nc(C(=O)O)sc2C)c1. The second-order valence-electron chi connectivity index (χ2n) is 4.05. The number of hydrogen-bond acceptors (Lipinski definition) is 3. The maximum atomic E-state index is 10.9. The molecule has 0 unspecified atom stereocenters. The van der Waals surface area contributed by atoms with E-state index in [2.05, 4.69) is 4.98 Å². The van der Waals surface area contributed by atoms with Gasteiger partial charge in [0.25, 0.3) is 0 Å². The van der Waals surface area contributed by atoms with Gasteiger partial charge in [-0.1, -0.05) is 17.7 Å². The molecule has 3 nitrogen and oxygen atoms in total. The third-order valence-corrected chi connectivity index (χ3v) is 3.59. The van der Waals surface area contributed by atoms with Crippen LogP contribution in [0.5, 0.6) is 0 Å². The van der Waals surface area contributed by atoms with Crippen molar-refractivity contribution in [3.05, 3.63) is 39.2 Å². The molecule has 1 aromatic heterocycles. The number of aromatic carboxylic acids is 1. The molecule has 0 fully saturated rings. The van der Waals surface area contributed by atoms with Gasteiger partial charge >= 0.3 is 5.97 Å². The number of thiazole rings is 1. The lowest BCUT2D eigenvalue weighted by Crippen LogP contribution is -1.94. The van der Waals surface area contributed by atoms with E-state index in [9.17, 15) is 4.79 Å². The molecular formula is C13H13NO2S. The number of carbonyl (C=O) groups is 1. The number of hydrogen-bond donors (Lipinski definition) is 1. The number of benzene rings is 1. The maximum absolute atomic E-state index is 10.9. The quantitative estimate of drug-likeness (QED) is 0.884. The van der Waals surface area contributed by atoms with E-state index in [0.717, 1.165) is 27.3 Å². The molecule has 2 aromatic rings. The summed E-state index contributed by atoms with van der Waals surface area (Å²) in [6.07, 6.45) is 0. The van der Waals surface area contributed by atoms with E-state index in [4.69, 9.17) is 5.11 Å². The van der Waals surface area contributed by atoms with Crippen molar-refractivity contribution < 1.29 is 9.90 Å². The Hall–Kier alpha value is -1.68. The zero-order chi connectivity index (χ0) is 12.6. The van der Waals surface area contributed by atoms with E-state index in [0.29, 0.717) is 0 Å². The van der Waals surface area contributed by atoms with E-state index in [1.165, 1.54) is 11.3 Å². The van der Waals surface area contributed by atoms with Crippen LogP contribution in [0.25, 0.3) is 11.3 Å². The lowest BCUT2D eigenvalue weighted by Gasteiger charge is -2.05. The van der Waals surface area contributed by atoms with E-state index < -0.39 is 5.97 Å². The molecule has 0 aliphatic rings. The summed E-state index contributed by atoms with van der Waals surface area (Å²) in [6, 6.07) is 6.12. The molecule has 0 bridgehead atoms. The zero-order valence-electron chi connectivity index (χ0n) is 9.94. The van der Waals surface area contributed by atoms with Gasteiger partial charge in [-0.3, -0.25) is 0 Å². The fourth-order valence-corrected chi connectivity index (χ4v) is 2.50. The van der Waals surface area contributed by atoms with Crippen LogP contribution >= 0.6 is 11.3 Å². The fraction of sp³-hybridized carbons (Fsp3) is 0.231. The summed E-state index contributed by atoms with van der Waals surface area (Å²) in [5.41, 5.74) is 4.07. The number of aromatic nitrogens is 1. The molecule has 0 radical (unpaired) electrons. The van der Waals surface area contributed by atoms with Crippen LogP contribution in [0.2, 0.25) is 0 Å². The Morgan fingerprint density at radius 1 is 1.29 bits per heavy atom. The third kappa shape index (κ3) is 2.22. The molecule has 1 N–H and O–H groups in total. The minimum absolute atomic E-state index is 0.151. The van der Waals surface area contributed by atoms with Gasteiger partial charge in [0, 0.05) is 10.4 Å². The highest BCUT2D eigenvalue weighted by molar-refractivity contribution is 7.13. The summed E-state index contributed by atoms with van der Waals surface area (Å²) in [5.74, 6) is -0.963. The number of aryl methyl sites for hydroxylation is 3.